The number of amides is 2. The molecule has 2 rings (SSSR count). The summed E-state index contributed by atoms with van der Waals surface area (Å²) in [6, 6.07) is 7.70. The number of likely N-dealkylation sites (N-methyl/N-ethyl adjacent to an activating group) is 1. The molecular formula is C18H28N2O3. The van der Waals surface area contributed by atoms with Crippen molar-refractivity contribution in [3.05, 3.63) is 35.4 Å². The van der Waals surface area contributed by atoms with E-state index in [1.165, 1.54) is 0 Å². The number of hydrogen-bond acceptors (Lipinski definition) is 3. The van der Waals surface area contributed by atoms with Crippen LogP contribution in [-0.2, 0) is 0 Å². The average molecular weight is 320 g/mol. The van der Waals surface area contributed by atoms with Crippen molar-refractivity contribution in [1.29, 1.82) is 0 Å². The van der Waals surface area contributed by atoms with Gasteiger partial charge in [-0.3, -0.25) is 0 Å². The van der Waals surface area contributed by atoms with Crippen molar-refractivity contribution < 1.29 is 15.0 Å². The van der Waals surface area contributed by atoms with Crippen LogP contribution in [0.5, 0.6) is 0 Å². The van der Waals surface area contributed by atoms with Gasteiger partial charge in [0.1, 0.15) is 0 Å². The third-order valence-corrected chi connectivity index (χ3v) is 4.55. The van der Waals surface area contributed by atoms with Crippen molar-refractivity contribution in [2.45, 2.75) is 57.8 Å². The summed E-state index contributed by atoms with van der Waals surface area (Å²) in [4.78, 5) is 14.0. The average Bonchev–Trinajstić information content (AvgIpc) is 2.55. The zero-order valence-electron chi connectivity index (χ0n) is 14.0. The van der Waals surface area contributed by atoms with Gasteiger partial charge in [-0.2, -0.15) is 0 Å². The Morgan fingerprint density at radius 1 is 1.26 bits per heavy atom. The second-order valence-electron chi connectivity index (χ2n) is 6.42. The molecule has 0 aliphatic heterocycles. The maximum Gasteiger partial charge on any atom is 0.317 e. The first-order chi connectivity index (χ1) is 11.0. The number of nitrogens with one attached hydrogen (secondary N) is 1. The normalized spacial score (nSPS) is 22.4. The molecule has 5 heteroatoms. The second kappa shape index (κ2) is 8.31. The summed E-state index contributed by atoms with van der Waals surface area (Å²) in [6.07, 6.45) is 2.19. The monoisotopic (exact) mass is 320 g/mol. The number of aliphatic hydroxyl groups is 2. The topological polar surface area (TPSA) is 72.8 Å². The highest BCUT2D eigenvalue weighted by Gasteiger charge is 2.23. The summed E-state index contributed by atoms with van der Waals surface area (Å²) in [7, 11) is 0. The van der Waals surface area contributed by atoms with Crippen LogP contribution in [0, 0.1) is 6.92 Å². The first-order valence-corrected chi connectivity index (χ1v) is 8.47. The second-order valence-corrected chi connectivity index (χ2v) is 6.42. The number of rotatable bonds is 5. The first kappa shape index (κ1) is 17.8. The quantitative estimate of drug-likeness (QED) is 0.780. The summed E-state index contributed by atoms with van der Waals surface area (Å²) >= 11 is 0. The fourth-order valence-electron chi connectivity index (χ4n) is 2.94. The Morgan fingerprint density at radius 2 is 1.87 bits per heavy atom. The fourth-order valence-corrected chi connectivity index (χ4v) is 2.94. The van der Waals surface area contributed by atoms with E-state index >= 15 is 0 Å². The van der Waals surface area contributed by atoms with Crippen molar-refractivity contribution in [3.63, 3.8) is 0 Å². The Hall–Kier alpha value is -1.59. The third-order valence-electron chi connectivity index (χ3n) is 4.55. The van der Waals surface area contributed by atoms with Gasteiger partial charge >= 0.3 is 6.03 Å². The zero-order valence-corrected chi connectivity index (χ0v) is 14.0. The van der Waals surface area contributed by atoms with Gasteiger partial charge in [0.2, 0.25) is 0 Å². The predicted octanol–water partition coefficient (Wildman–Crippen LogP) is 2.36. The van der Waals surface area contributed by atoms with Crippen LogP contribution in [-0.4, -0.2) is 46.4 Å². The summed E-state index contributed by atoms with van der Waals surface area (Å²) in [5.74, 6) is 0. The molecule has 1 aromatic rings. The van der Waals surface area contributed by atoms with Crippen LogP contribution in [0.4, 0.5) is 4.79 Å². The van der Waals surface area contributed by atoms with Crippen LogP contribution in [0.3, 0.4) is 0 Å². The van der Waals surface area contributed by atoms with E-state index in [1.54, 1.807) is 4.90 Å². The lowest BCUT2D eigenvalue weighted by Crippen LogP contribution is -2.47. The van der Waals surface area contributed by atoms with Crippen molar-refractivity contribution in [2.75, 3.05) is 13.1 Å². The molecular weight excluding hydrogens is 292 g/mol. The van der Waals surface area contributed by atoms with Gasteiger partial charge in [0.15, 0.2) is 0 Å². The number of carbonyl (C=O) groups is 1. The number of aryl methyl sites for hydroxylation is 1. The number of urea groups is 1. The first-order valence-electron chi connectivity index (χ1n) is 8.47. The van der Waals surface area contributed by atoms with E-state index in [0.29, 0.717) is 6.54 Å². The smallest absolute Gasteiger partial charge is 0.317 e. The molecule has 1 aromatic carbocycles. The lowest BCUT2D eigenvalue weighted by atomic mass is 9.93. The molecule has 0 saturated heterocycles. The van der Waals surface area contributed by atoms with E-state index < -0.39 is 6.10 Å². The Balaban J connectivity index is 1.88. The van der Waals surface area contributed by atoms with Crippen molar-refractivity contribution in [2.24, 2.45) is 0 Å². The molecule has 1 saturated carbocycles. The Bertz CT molecular complexity index is 495. The minimum Gasteiger partial charge on any atom is -0.393 e. The van der Waals surface area contributed by atoms with Gasteiger partial charge in [0.25, 0.3) is 0 Å². The molecule has 0 spiro atoms. The fraction of sp³-hybridized carbons (Fsp3) is 0.611. The number of hydrogen-bond donors (Lipinski definition) is 3. The molecule has 1 fully saturated rings. The van der Waals surface area contributed by atoms with E-state index in [0.717, 1.165) is 36.8 Å². The van der Waals surface area contributed by atoms with Gasteiger partial charge in [0, 0.05) is 12.6 Å². The van der Waals surface area contributed by atoms with Gasteiger partial charge < -0.3 is 20.4 Å². The minimum absolute atomic E-state index is 0.122. The maximum absolute atomic E-state index is 12.4. The van der Waals surface area contributed by atoms with E-state index in [2.05, 4.69) is 5.32 Å². The van der Waals surface area contributed by atoms with E-state index in [9.17, 15) is 15.0 Å². The summed E-state index contributed by atoms with van der Waals surface area (Å²) in [5, 5.41) is 22.9. The Kier molecular flexibility index (Phi) is 6.42. The highest BCUT2D eigenvalue weighted by molar-refractivity contribution is 5.74. The van der Waals surface area contributed by atoms with Gasteiger partial charge in [0.05, 0.1) is 18.8 Å². The molecule has 0 radical (unpaired) electrons. The molecule has 1 atom stereocenters. The highest BCUT2D eigenvalue weighted by atomic mass is 16.3. The molecule has 1 aliphatic rings. The molecule has 1 unspecified atom stereocenters. The molecule has 5 nitrogen and oxygen atoms in total. The number of nitrogens with zero attached hydrogens (tertiary/aromatic N) is 1. The zero-order chi connectivity index (χ0) is 16.8. The van der Waals surface area contributed by atoms with Crippen molar-refractivity contribution in [1.82, 2.24) is 10.2 Å². The van der Waals surface area contributed by atoms with Gasteiger partial charge in [-0.05, 0) is 45.1 Å². The lowest BCUT2D eigenvalue weighted by molar-refractivity contribution is 0.107. The minimum atomic E-state index is -0.686. The van der Waals surface area contributed by atoms with Gasteiger partial charge in [-0.15, -0.1) is 0 Å². The van der Waals surface area contributed by atoms with Crippen LogP contribution in [0.1, 0.15) is 49.8 Å². The third kappa shape index (κ3) is 5.22. The largest absolute Gasteiger partial charge is 0.393 e. The number of benzene rings is 1. The van der Waals surface area contributed by atoms with Crippen LogP contribution < -0.4 is 5.32 Å². The standard InChI is InChI=1S/C18H28N2O3/c1-3-20(12-17(22)14-6-4-13(2)5-7-14)18(23)19-15-8-10-16(21)11-9-15/h4-7,15-17,21-22H,3,8-12H2,1-2H3,(H,19,23). The number of aliphatic hydroxyl groups excluding tert-OH is 2. The molecule has 1 aliphatic carbocycles. The Labute approximate surface area is 138 Å². The van der Waals surface area contributed by atoms with Gasteiger partial charge in [-0.25, -0.2) is 4.79 Å². The van der Waals surface area contributed by atoms with Crippen molar-refractivity contribution in [3.8, 4) is 0 Å². The number of carbonyl (C=O) groups excluding carboxylic acids is 1. The van der Waals surface area contributed by atoms with Crippen LogP contribution >= 0.6 is 0 Å². The predicted molar refractivity (Wildman–Crippen MR) is 90.2 cm³/mol. The van der Waals surface area contributed by atoms with Crippen LogP contribution in [0.15, 0.2) is 24.3 Å². The summed E-state index contributed by atoms with van der Waals surface area (Å²) in [5.41, 5.74) is 1.97. The lowest BCUT2D eigenvalue weighted by Gasteiger charge is -2.30. The highest BCUT2D eigenvalue weighted by Crippen LogP contribution is 2.19. The molecule has 128 valence electrons. The molecule has 2 amide bonds. The molecule has 0 bridgehead atoms. The van der Waals surface area contributed by atoms with Crippen LogP contribution in [0.25, 0.3) is 0 Å². The molecule has 0 aromatic heterocycles. The van der Waals surface area contributed by atoms with E-state index in [4.69, 9.17) is 0 Å². The summed E-state index contributed by atoms with van der Waals surface area (Å²) in [6.45, 7) is 4.74. The maximum atomic E-state index is 12.4. The molecule has 0 heterocycles. The van der Waals surface area contributed by atoms with Crippen LogP contribution in [0.2, 0.25) is 0 Å². The van der Waals surface area contributed by atoms with E-state index in [1.807, 2.05) is 38.1 Å². The molecule has 23 heavy (non-hydrogen) atoms. The summed E-state index contributed by atoms with van der Waals surface area (Å²) < 4.78 is 0. The SMILES string of the molecule is CCN(CC(O)c1ccc(C)cc1)C(=O)NC1CCC(O)CC1. The molecule has 3 N–H and O–H groups in total. The Morgan fingerprint density at radius 3 is 2.43 bits per heavy atom. The van der Waals surface area contributed by atoms with E-state index in [-0.39, 0.29) is 24.7 Å². The van der Waals surface area contributed by atoms with Gasteiger partial charge in [-0.1, -0.05) is 29.8 Å². The van der Waals surface area contributed by atoms with Crippen molar-refractivity contribution >= 4 is 6.03 Å².